The molecule has 0 aromatic carbocycles. The van der Waals surface area contributed by atoms with E-state index in [4.69, 9.17) is 0 Å². The van der Waals surface area contributed by atoms with Crippen molar-refractivity contribution in [1.82, 2.24) is 10.2 Å². The first-order valence-corrected chi connectivity index (χ1v) is 7.67. The van der Waals surface area contributed by atoms with Crippen LogP contribution < -0.4 is 5.32 Å². The maximum absolute atomic E-state index is 12.3. The number of hydrogen-bond acceptors (Lipinski definition) is 3. The van der Waals surface area contributed by atoms with Crippen LogP contribution in [0.5, 0.6) is 0 Å². The molecule has 2 aliphatic rings. The first kappa shape index (κ1) is 12.0. The second kappa shape index (κ2) is 4.45. The van der Waals surface area contributed by atoms with Crippen molar-refractivity contribution in [3.05, 3.63) is 0 Å². The minimum absolute atomic E-state index is 0.0918. The van der Waals surface area contributed by atoms with Crippen LogP contribution >= 0.6 is 0 Å². The standard InChI is InChI=1S/C11H20N2O2S/c1-9-12-11(5-3-4-6-11)10(14)13(9)7-8-16(2)15/h9,12H,3-8H2,1-2H3. The van der Waals surface area contributed by atoms with Gasteiger partial charge in [0.05, 0.1) is 11.7 Å². The molecule has 92 valence electrons. The molecule has 1 spiro atoms. The van der Waals surface area contributed by atoms with E-state index in [1.165, 1.54) is 0 Å². The average Bonchev–Trinajstić information content (AvgIpc) is 2.74. The Hall–Kier alpha value is -0.420. The summed E-state index contributed by atoms with van der Waals surface area (Å²) in [6, 6.07) is 0. The van der Waals surface area contributed by atoms with E-state index in [0.29, 0.717) is 12.3 Å². The molecule has 1 saturated heterocycles. The van der Waals surface area contributed by atoms with Crippen LogP contribution in [0.2, 0.25) is 0 Å². The third kappa shape index (κ3) is 2.02. The first-order chi connectivity index (χ1) is 7.55. The Labute approximate surface area is 99.2 Å². The van der Waals surface area contributed by atoms with Crippen molar-refractivity contribution in [2.24, 2.45) is 0 Å². The first-order valence-electron chi connectivity index (χ1n) is 5.94. The molecule has 1 aliphatic heterocycles. The number of hydrogen-bond donors (Lipinski definition) is 1. The Morgan fingerprint density at radius 3 is 2.69 bits per heavy atom. The van der Waals surface area contributed by atoms with Gasteiger partial charge in [-0.2, -0.15) is 0 Å². The van der Waals surface area contributed by atoms with E-state index in [1.54, 1.807) is 6.26 Å². The van der Waals surface area contributed by atoms with Crippen molar-refractivity contribution in [3.8, 4) is 0 Å². The van der Waals surface area contributed by atoms with Crippen molar-refractivity contribution in [3.63, 3.8) is 0 Å². The number of rotatable bonds is 3. The summed E-state index contributed by atoms with van der Waals surface area (Å²) in [5.74, 6) is 0.802. The quantitative estimate of drug-likeness (QED) is 0.784. The van der Waals surface area contributed by atoms with Crippen LogP contribution in [-0.2, 0) is 15.6 Å². The molecule has 0 aromatic heterocycles. The van der Waals surface area contributed by atoms with Crippen LogP contribution in [0.1, 0.15) is 32.6 Å². The summed E-state index contributed by atoms with van der Waals surface area (Å²) in [4.78, 5) is 14.2. The average molecular weight is 244 g/mol. The monoisotopic (exact) mass is 244 g/mol. The molecule has 2 atom stereocenters. The van der Waals surface area contributed by atoms with Gasteiger partial charge in [-0.25, -0.2) is 0 Å². The van der Waals surface area contributed by atoms with Crippen LogP contribution in [0.25, 0.3) is 0 Å². The summed E-state index contributed by atoms with van der Waals surface area (Å²) in [5.41, 5.74) is -0.283. The van der Waals surface area contributed by atoms with Gasteiger partial charge in [-0.15, -0.1) is 0 Å². The molecule has 1 amide bonds. The van der Waals surface area contributed by atoms with Gasteiger partial charge in [-0.1, -0.05) is 12.8 Å². The Kier molecular flexibility index (Phi) is 3.35. The van der Waals surface area contributed by atoms with Crippen molar-refractivity contribution in [2.75, 3.05) is 18.6 Å². The SMILES string of the molecule is CC1NC2(CCCC2)C(=O)N1CCS(C)=O. The Balaban J connectivity index is 2.04. The van der Waals surface area contributed by atoms with Crippen LogP contribution in [0.3, 0.4) is 0 Å². The number of amides is 1. The highest BCUT2D eigenvalue weighted by molar-refractivity contribution is 7.84. The maximum Gasteiger partial charge on any atom is 0.244 e. The zero-order valence-corrected chi connectivity index (χ0v) is 10.8. The molecule has 2 rings (SSSR count). The summed E-state index contributed by atoms with van der Waals surface area (Å²) in [5, 5.41) is 3.43. The summed E-state index contributed by atoms with van der Waals surface area (Å²) >= 11 is 0. The van der Waals surface area contributed by atoms with Crippen molar-refractivity contribution in [1.29, 1.82) is 0 Å². The molecular weight excluding hydrogens is 224 g/mol. The van der Waals surface area contributed by atoms with E-state index in [0.717, 1.165) is 25.7 Å². The molecule has 4 nitrogen and oxygen atoms in total. The minimum Gasteiger partial charge on any atom is -0.325 e. The molecule has 16 heavy (non-hydrogen) atoms. The van der Waals surface area contributed by atoms with E-state index in [9.17, 15) is 9.00 Å². The fourth-order valence-electron chi connectivity index (χ4n) is 2.85. The zero-order chi connectivity index (χ0) is 11.8. The highest BCUT2D eigenvalue weighted by Crippen LogP contribution is 2.36. The number of carbonyl (C=O) groups is 1. The lowest BCUT2D eigenvalue weighted by atomic mass is 9.98. The molecule has 1 N–H and O–H groups in total. The van der Waals surface area contributed by atoms with E-state index in [1.807, 2.05) is 11.8 Å². The third-order valence-corrected chi connectivity index (χ3v) is 4.46. The van der Waals surface area contributed by atoms with Gasteiger partial charge in [-0.3, -0.25) is 14.3 Å². The summed E-state index contributed by atoms with van der Waals surface area (Å²) in [7, 11) is -0.826. The number of nitrogens with zero attached hydrogens (tertiary/aromatic N) is 1. The molecule has 2 unspecified atom stereocenters. The van der Waals surface area contributed by atoms with Crippen molar-refractivity contribution < 1.29 is 9.00 Å². The fraction of sp³-hybridized carbons (Fsp3) is 0.909. The van der Waals surface area contributed by atoms with Gasteiger partial charge >= 0.3 is 0 Å². The van der Waals surface area contributed by atoms with Gasteiger partial charge in [0.25, 0.3) is 0 Å². The molecule has 1 heterocycles. The maximum atomic E-state index is 12.3. The van der Waals surface area contributed by atoms with Crippen LogP contribution in [-0.4, -0.2) is 45.3 Å². The van der Waals surface area contributed by atoms with Crippen molar-refractivity contribution >= 4 is 16.7 Å². The largest absolute Gasteiger partial charge is 0.325 e. The molecule has 5 heteroatoms. The fourth-order valence-corrected chi connectivity index (χ4v) is 3.30. The zero-order valence-electron chi connectivity index (χ0n) is 9.99. The van der Waals surface area contributed by atoms with Gasteiger partial charge in [0, 0.05) is 29.4 Å². The van der Waals surface area contributed by atoms with E-state index >= 15 is 0 Å². The Morgan fingerprint density at radius 1 is 1.50 bits per heavy atom. The van der Waals surface area contributed by atoms with E-state index in [-0.39, 0.29) is 17.6 Å². The smallest absolute Gasteiger partial charge is 0.244 e. The minimum atomic E-state index is -0.826. The molecule has 0 bridgehead atoms. The third-order valence-electron chi connectivity index (χ3n) is 3.70. The lowest BCUT2D eigenvalue weighted by Gasteiger charge is -2.21. The van der Waals surface area contributed by atoms with E-state index < -0.39 is 10.8 Å². The topological polar surface area (TPSA) is 49.4 Å². The predicted molar refractivity (Wildman–Crippen MR) is 64.4 cm³/mol. The van der Waals surface area contributed by atoms with Gasteiger partial charge < -0.3 is 4.90 Å². The van der Waals surface area contributed by atoms with E-state index in [2.05, 4.69) is 5.32 Å². The normalized spacial score (nSPS) is 30.2. The Morgan fingerprint density at radius 2 is 2.12 bits per heavy atom. The lowest BCUT2D eigenvalue weighted by molar-refractivity contribution is -0.132. The number of nitrogens with one attached hydrogen (secondary N) is 1. The van der Waals surface area contributed by atoms with Gasteiger partial charge in [0.15, 0.2) is 0 Å². The molecular formula is C11H20N2O2S. The van der Waals surface area contributed by atoms with Crippen LogP contribution in [0.4, 0.5) is 0 Å². The number of carbonyl (C=O) groups excluding carboxylic acids is 1. The predicted octanol–water partition coefficient (Wildman–Crippen LogP) is 0.456. The van der Waals surface area contributed by atoms with Crippen molar-refractivity contribution in [2.45, 2.75) is 44.3 Å². The van der Waals surface area contributed by atoms with Crippen LogP contribution in [0.15, 0.2) is 0 Å². The van der Waals surface area contributed by atoms with Gasteiger partial charge in [0.1, 0.15) is 0 Å². The molecule has 1 saturated carbocycles. The lowest BCUT2D eigenvalue weighted by Crippen LogP contribution is -2.44. The molecule has 0 aromatic rings. The molecule has 0 radical (unpaired) electrons. The summed E-state index contributed by atoms with van der Waals surface area (Å²) in [6.07, 6.45) is 5.97. The summed E-state index contributed by atoms with van der Waals surface area (Å²) < 4.78 is 11.1. The van der Waals surface area contributed by atoms with Crippen LogP contribution in [0, 0.1) is 0 Å². The van der Waals surface area contributed by atoms with Gasteiger partial charge in [-0.05, 0) is 19.8 Å². The molecule has 1 aliphatic carbocycles. The summed E-state index contributed by atoms with van der Waals surface area (Å²) in [6.45, 7) is 2.63. The molecule has 2 fully saturated rings. The van der Waals surface area contributed by atoms with Gasteiger partial charge in [0.2, 0.25) is 5.91 Å². The second-order valence-electron chi connectivity index (χ2n) is 4.89. The highest BCUT2D eigenvalue weighted by atomic mass is 32.2. The highest BCUT2D eigenvalue weighted by Gasteiger charge is 2.50. The Bertz CT molecular complexity index is 313. The second-order valence-corrected chi connectivity index (χ2v) is 6.44.